The molecule has 18 nitrogen and oxygen atoms in total. The highest BCUT2D eigenvalue weighted by Crippen LogP contribution is 2.39. The van der Waals surface area contributed by atoms with E-state index in [1.54, 1.807) is 64.3 Å². The van der Waals surface area contributed by atoms with Gasteiger partial charge >= 0.3 is 23.9 Å². The van der Waals surface area contributed by atoms with Gasteiger partial charge in [-0.3, -0.25) is 9.80 Å². The van der Waals surface area contributed by atoms with Crippen molar-refractivity contribution in [2.45, 2.75) is 147 Å². The fraction of sp³-hybridized carbons (Fsp3) is 0.569. The Morgan fingerprint density at radius 1 is 0.548 bits per heavy atom. The minimum Gasteiger partial charge on any atom is -0.496 e. The van der Waals surface area contributed by atoms with Crippen LogP contribution in [-0.2, 0) is 28.4 Å². The lowest BCUT2D eigenvalue weighted by Gasteiger charge is -2.52. The van der Waals surface area contributed by atoms with E-state index in [9.17, 15) is 23.6 Å². The topological polar surface area (TPSA) is 182 Å². The summed E-state index contributed by atoms with van der Waals surface area (Å²) in [5.41, 5.74) is 1.75. The van der Waals surface area contributed by atoms with Gasteiger partial charge in [0.05, 0.1) is 64.0 Å². The Bertz CT molecular complexity index is 2810. The summed E-state index contributed by atoms with van der Waals surface area (Å²) in [6.45, 7) is 20.4. The van der Waals surface area contributed by atoms with Gasteiger partial charge in [0.2, 0.25) is 0 Å². The van der Waals surface area contributed by atoms with E-state index in [0.29, 0.717) is 51.6 Å². The van der Waals surface area contributed by atoms with Gasteiger partial charge in [-0.1, -0.05) is 7.43 Å². The summed E-state index contributed by atoms with van der Waals surface area (Å²) >= 11 is 0. The second-order valence-corrected chi connectivity index (χ2v) is 24.2. The van der Waals surface area contributed by atoms with Gasteiger partial charge in [0, 0.05) is 94.9 Å². The van der Waals surface area contributed by atoms with Crippen LogP contribution in [0, 0.1) is 5.82 Å². The molecule has 2 spiro atoms. The maximum Gasteiger partial charge on any atom is 0.341 e. The Labute approximate surface area is 495 Å². The monoisotopic (exact) mass is 1170 g/mol. The van der Waals surface area contributed by atoms with Crippen LogP contribution in [0.25, 0.3) is 0 Å². The van der Waals surface area contributed by atoms with Crippen molar-refractivity contribution < 1.29 is 70.9 Å². The van der Waals surface area contributed by atoms with Crippen molar-refractivity contribution >= 4 is 29.6 Å². The molecule has 4 heterocycles. The number of esters is 4. The number of methoxy groups -OCH3 is 4. The first-order valence-corrected chi connectivity index (χ1v) is 29.0. The molecule has 0 aromatic heterocycles. The number of carbonyl (C=O) groups is 4. The Balaban J connectivity index is 0.000000203. The smallest absolute Gasteiger partial charge is 0.341 e. The largest absolute Gasteiger partial charge is 0.496 e. The standard InChI is InChI=1S/C32H42N2O7.C21H30N2O5.C11H13FO2.CH4/c1-31(2,3)41-29(35)22-6-8-23(9-7-22)33-14-12-32(13-15-33)21-34(16-17-39-32)24-18-26(19-24)40-25-10-11-27(30(36)38-5)28(20-25)37-4;1-25-19-13-16(3-4-18(19)20(24)26-2)28-17-11-15(12-17)23-9-10-27-21(14-23)5-7-22-8-6-21;1-11(2,3)14-10(13)8-4-6-9(12)7-5-8;/h6-11,20,24,26H,12-19,21H2,1-5H3;3-4,13,15,17,22H,5-12,14H2,1-2H3;4-7H,1-3H3;1H4. The summed E-state index contributed by atoms with van der Waals surface area (Å²) in [5, 5.41) is 3.43. The lowest BCUT2D eigenvalue weighted by atomic mass is 9.83. The molecule has 0 unspecified atom stereocenters. The minimum absolute atomic E-state index is 0. The van der Waals surface area contributed by atoms with E-state index in [1.165, 1.54) is 45.6 Å². The number of nitrogens with zero attached hydrogens (tertiary/aromatic N) is 3. The number of rotatable bonds is 13. The molecule has 2 aliphatic carbocycles. The molecular formula is C65H89FN4O14. The molecule has 0 bridgehead atoms. The Kier molecular flexibility index (Phi) is 22.1. The van der Waals surface area contributed by atoms with Crippen LogP contribution in [0.5, 0.6) is 23.0 Å². The molecule has 1 N–H and O–H groups in total. The van der Waals surface area contributed by atoms with E-state index in [-0.39, 0.29) is 42.6 Å². The van der Waals surface area contributed by atoms with Crippen molar-refractivity contribution in [3.63, 3.8) is 0 Å². The summed E-state index contributed by atoms with van der Waals surface area (Å²) in [4.78, 5) is 55.0. The summed E-state index contributed by atoms with van der Waals surface area (Å²) in [5.74, 6) is 0.415. The summed E-state index contributed by atoms with van der Waals surface area (Å²) < 4.78 is 68.3. The molecule has 460 valence electrons. The first-order valence-electron chi connectivity index (χ1n) is 29.0. The number of morpholine rings is 2. The number of carbonyl (C=O) groups excluding carboxylic acids is 4. The number of piperidine rings is 2. The maximum atomic E-state index is 12.5. The molecule has 0 amide bonds. The highest BCUT2D eigenvalue weighted by molar-refractivity contribution is 5.93. The molecule has 10 rings (SSSR count). The highest BCUT2D eigenvalue weighted by Gasteiger charge is 2.46. The van der Waals surface area contributed by atoms with Crippen molar-refractivity contribution in [1.82, 2.24) is 15.1 Å². The third-order valence-electron chi connectivity index (χ3n) is 16.0. The predicted molar refractivity (Wildman–Crippen MR) is 318 cm³/mol. The van der Waals surface area contributed by atoms with Crippen LogP contribution < -0.4 is 29.2 Å². The molecule has 0 atom stereocenters. The van der Waals surface area contributed by atoms with E-state index in [0.717, 1.165) is 128 Å². The molecule has 4 saturated heterocycles. The third kappa shape index (κ3) is 17.3. The third-order valence-corrected chi connectivity index (χ3v) is 16.0. The summed E-state index contributed by atoms with van der Waals surface area (Å²) in [7, 11) is 5.79. The zero-order valence-electron chi connectivity index (χ0n) is 50.1. The van der Waals surface area contributed by atoms with E-state index in [2.05, 4.69) is 20.0 Å². The molecule has 2 saturated carbocycles. The second-order valence-electron chi connectivity index (χ2n) is 24.2. The van der Waals surface area contributed by atoms with Crippen molar-refractivity contribution in [1.29, 1.82) is 0 Å². The molecule has 0 radical (unpaired) electrons. The molecule has 19 heteroatoms. The van der Waals surface area contributed by atoms with Crippen LogP contribution in [-0.4, -0.2) is 174 Å². The molecular weight excluding hydrogens is 1080 g/mol. The Morgan fingerprint density at radius 2 is 0.952 bits per heavy atom. The van der Waals surface area contributed by atoms with Crippen LogP contribution in [0.2, 0.25) is 0 Å². The average Bonchev–Trinajstić information content (AvgIpc) is 3.44. The molecule has 6 aliphatic rings. The summed E-state index contributed by atoms with van der Waals surface area (Å²) in [6, 6.07) is 24.6. The van der Waals surface area contributed by atoms with E-state index >= 15 is 0 Å². The van der Waals surface area contributed by atoms with Crippen molar-refractivity contribution in [3.05, 3.63) is 113 Å². The summed E-state index contributed by atoms with van der Waals surface area (Å²) in [6.07, 6.45) is 8.45. The van der Waals surface area contributed by atoms with E-state index < -0.39 is 29.1 Å². The number of benzene rings is 4. The van der Waals surface area contributed by atoms with Gasteiger partial charge in [0.1, 0.15) is 63.4 Å². The fourth-order valence-corrected chi connectivity index (χ4v) is 11.4. The SMILES string of the molecule is C.CC(C)(C)OC(=O)c1ccc(F)cc1.COC(=O)c1ccc(OC2CC(N3CCOC4(CCN(c5ccc(C(=O)OC(C)(C)C)cc5)CC4)C3)C2)cc1OC.COC(=O)c1ccc(OC2CC(N3CCOC4(CCNCC4)C3)C2)cc1OC. The predicted octanol–water partition coefficient (Wildman–Crippen LogP) is 9.98. The highest BCUT2D eigenvalue weighted by atomic mass is 19.1. The zero-order valence-corrected chi connectivity index (χ0v) is 50.1. The van der Waals surface area contributed by atoms with Crippen LogP contribution in [0.1, 0.15) is 142 Å². The van der Waals surface area contributed by atoms with Crippen molar-refractivity contribution in [2.75, 3.05) is 98.9 Å². The molecule has 6 fully saturated rings. The Morgan fingerprint density at radius 3 is 1.35 bits per heavy atom. The Hall–Kier alpha value is -6.51. The minimum atomic E-state index is -0.522. The van der Waals surface area contributed by atoms with Gasteiger partial charge in [0.25, 0.3) is 0 Å². The van der Waals surface area contributed by atoms with Crippen LogP contribution >= 0.6 is 0 Å². The van der Waals surface area contributed by atoms with Crippen LogP contribution in [0.3, 0.4) is 0 Å². The lowest BCUT2D eigenvalue weighted by molar-refractivity contribution is -0.145. The second kappa shape index (κ2) is 28.6. The molecule has 4 aliphatic heterocycles. The number of ether oxygens (including phenoxy) is 10. The number of hydrogen-bond donors (Lipinski definition) is 1. The van der Waals surface area contributed by atoms with Gasteiger partial charge in [-0.25, -0.2) is 23.6 Å². The van der Waals surface area contributed by atoms with E-state index in [4.69, 9.17) is 47.4 Å². The molecule has 84 heavy (non-hydrogen) atoms. The quantitative estimate of drug-likeness (QED) is 0.0985. The first kappa shape index (κ1) is 65.0. The zero-order chi connectivity index (χ0) is 59.5. The van der Waals surface area contributed by atoms with Gasteiger partial charge < -0.3 is 57.6 Å². The van der Waals surface area contributed by atoms with Crippen LogP contribution in [0.15, 0.2) is 84.9 Å². The van der Waals surface area contributed by atoms with Gasteiger partial charge in [0.15, 0.2) is 0 Å². The van der Waals surface area contributed by atoms with Crippen LogP contribution in [0.4, 0.5) is 10.1 Å². The first-order chi connectivity index (χ1) is 39.6. The average molecular weight is 1170 g/mol. The number of hydrogen-bond acceptors (Lipinski definition) is 18. The fourth-order valence-electron chi connectivity index (χ4n) is 11.4. The van der Waals surface area contributed by atoms with Gasteiger partial charge in [-0.2, -0.15) is 0 Å². The van der Waals surface area contributed by atoms with Gasteiger partial charge in [-0.15, -0.1) is 0 Å². The van der Waals surface area contributed by atoms with E-state index in [1.807, 2.05) is 45.0 Å². The molecule has 4 aromatic rings. The normalized spacial score (nSPS) is 21.9. The molecule has 4 aromatic carbocycles. The number of anilines is 1. The maximum absolute atomic E-state index is 12.5. The van der Waals surface area contributed by atoms with Crippen molar-refractivity contribution in [3.8, 4) is 23.0 Å². The van der Waals surface area contributed by atoms with Crippen molar-refractivity contribution in [2.24, 2.45) is 0 Å². The lowest BCUT2D eigenvalue weighted by Crippen LogP contribution is -2.61. The number of halogens is 1. The number of nitrogens with one attached hydrogen (secondary N) is 1. The van der Waals surface area contributed by atoms with Gasteiger partial charge in [-0.05, 0) is 153 Å².